The predicted molar refractivity (Wildman–Crippen MR) is 83.6 cm³/mol. The minimum atomic E-state index is 0.714. The largest absolute Gasteiger partial charge is 0.329 e. The van der Waals surface area contributed by atoms with Crippen molar-refractivity contribution in [2.24, 2.45) is 0 Å². The number of pyridine rings is 1. The Morgan fingerprint density at radius 3 is 3.00 bits per heavy atom. The summed E-state index contributed by atoms with van der Waals surface area (Å²) in [6, 6.07) is 8.12. The summed E-state index contributed by atoms with van der Waals surface area (Å²) in [4.78, 5) is 13.0. The Morgan fingerprint density at radius 2 is 2.15 bits per heavy atom. The van der Waals surface area contributed by atoms with Gasteiger partial charge in [0.15, 0.2) is 4.77 Å². The summed E-state index contributed by atoms with van der Waals surface area (Å²) in [6.07, 6.45) is 3.73. The lowest BCUT2D eigenvalue weighted by atomic mass is 10.2. The summed E-state index contributed by atoms with van der Waals surface area (Å²) in [5, 5.41) is 1.11. The molecule has 0 atom stereocenters. The molecule has 1 N–H and O–H groups in total. The molecule has 0 saturated heterocycles. The summed E-state index contributed by atoms with van der Waals surface area (Å²) in [7, 11) is 0. The molecule has 0 aliphatic carbocycles. The maximum absolute atomic E-state index is 5.45. The van der Waals surface area contributed by atoms with E-state index in [2.05, 4.69) is 25.6 Å². The predicted octanol–water partition coefficient (Wildman–Crippen LogP) is 3.75. The van der Waals surface area contributed by atoms with Crippen LogP contribution in [0.5, 0.6) is 0 Å². The minimum absolute atomic E-state index is 0.714. The first-order valence-electron chi connectivity index (χ1n) is 6.16. The van der Waals surface area contributed by atoms with E-state index in [0.717, 1.165) is 28.5 Å². The van der Waals surface area contributed by atoms with Gasteiger partial charge in [0.1, 0.15) is 0 Å². The lowest BCUT2D eigenvalue weighted by Crippen LogP contribution is -1.98. The molecule has 98 valence electrons. The fourth-order valence-corrected chi connectivity index (χ4v) is 3.27. The van der Waals surface area contributed by atoms with Gasteiger partial charge in [-0.15, -0.1) is 11.3 Å². The van der Waals surface area contributed by atoms with Gasteiger partial charge in [-0.3, -0.25) is 9.97 Å². The van der Waals surface area contributed by atoms with Crippen LogP contribution in [0.25, 0.3) is 21.9 Å². The summed E-state index contributed by atoms with van der Waals surface area (Å²) in [6.45, 7) is 0.734. The third kappa shape index (κ3) is 1.76. The van der Waals surface area contributed by atoms with E-state index in [-0.39, 0.29) is 0 Å². The van der Waals surface area contributed by atoms with Gasteiger partial charge in [0.05, 0.1) is 34.8 Å². The van der Waals surface area contributed by atoms with Crippen molar-refractivity contribution in [2.75, 3.05) is 0 Å². The Kier molecular flexibility index (Phi) is 2.64. The van der Waals surface area contributed by atoms with Gasteiger partial charge in [-0.1, -0.05) is 18.2 Å². The second-order valence-corrected chi connectivity index (χ2v) is 5.88. The van der Waals surface area contributed by atoms with Crippen LogP contribution < -0.4 is 0 Å². The molecule has 4 aromatic rings. The average molecular weight is 298 g/mol. The molecule has 0 fully saturated rings. The van der Waals surface area contributed by atoms with Crippen molar-refractivity contribution >= 4 is 45.5 Å². The van der Waals surface area contributed by atoms with Crippen molar-refractivity contribution in [1.82, 2.24) is 19.5 Å². The molecule has 4 rings (SSSR count). The Labute approximate surface area is 123 Å². The molecule has 3 aromatic heterocycles. The van der Waals surface area contributed by atoms with E-state index < -0.39 is 0 Å². The highest BCUT2D eigenvalue weighted by atomic mass is 32.1. The van der Waals surface area contributed by atoms with Crippen molar-refractivity contribution in [3.8, 4) is 0 Å². The molecular formula is C14H10N4S2. The highest BCUT2D eigenvalue weighted by Crippen LogP contribution is 2.24. The number of aromatic nitrogens is 4. The number of rotatable bonds is 2. The maximum Gasteiger partial charge on any atom is 0.178 e. The molecule has 4 nitrogen and oxygen atoms in total. The number of nitrogens with one attached hydrogen (secondary N) is 1. The molecule has 0 amide bonds. The Hall–Kier alpha value is -2.05. The fourth-order valence-electron chi connectivity index (χ4n) is 2.42. The molecule has 0 aliphatic heterocycles. The summed E-state index contributed by atoms with van der Waals surface area (Å²) in [5.74, 6) is 0. The van der Waals surface area contributed by atoms with Gasteiger partial charge in [0.2, 0.25) is 0 Å². The number of thiazole rings is 1. The summed E-state index contributed by atoms with van der Waals surface area (Å²) >= 11 is 7.09. The van der Waals surface area contributed by atoms with Crippen LogP contribution in [-0.2, 0) is 6.54 Å². The lowest BCUT2D eigenvalue weighted by Gasteiger charge is -2.05. The van der Waals surface area contributed by atoms with E-state index in [1.807, 2.05) is 36.1 Å². The SMILES string of the molecule is S=c1[nH]c2cnc3ccccc3c2n1Cc1cncs1. The van der Waals surface area contributed by atoms with Crippen LogP contribution in [-0.4, -0.2) is 19.5 Å². The van der Waals surface area contributed by atoms with Crippen molar-refractivity contribution in [2.45, 2.75) is 6.54 Å². The summed E-state index contributed by atoms with van der Waals surface area (Å²) in [5.41, 5.74) is 4.90. The smallest absolute Gasteiger partial charge is 0.178 e. The number of H-pyrrole nitrogens is 1. The zero-order valence-electron chi connectivity index (χ0n) is 10.4. The van der Waals surface area contributed by atoms with Crippen LogP contribution >= 0.6 is 23.6 Å². The molecule has 0 spiro atoms. The quantitative estimate of drug-likeness (QED) is 0.573. The third-order valence-corrected chi connectivity index (χ3v) is 4.39. The second kappa shape index (κ2) is 4.50. The number of fused-ring (bicyclic) bond motifs is 3. The van der Waals surface area contributed by atoms with Gasteiger partial charge in [-0.05, 0) is 18.3 Å². The fraction of sp³-hybridized carbons (Fsp3) is 0.0714. The van der Waals surface area contributed by atoms with E-state index >= 15 is 0 Å². The first kappa shape index (κ1) is 11.7. The molecular weight excluding hydrogens is 288 g/mol. The van der Waals surface area contributed by atoms with E-state index in [9.17, 15) is 0 Å². The van der Waals surface area contributed by atoms with Crippen molar-refractivity contribution in [3.63, 3.8) is 0 Å². The van der Waals surface area contributed by atoms with Crippen LogP contribution in [0.4, 0.5) is 0 Å². The number of imidazole rings is 1. The van der Waals surface area contributed by atoms with Crippen molar-refractivity contribution in [3.05, 3.63) is 51.8 Å². The number of aromatic amines is 1. The van der Waals surface area contributed by atoms with Crippen LogP contribution in [0.15, 0.2) is 42.2 Å². The highest BCUT2D eigenvalue weighted by Gasteiger charge is 2.10. The maximum atomic E-state index is 5.45. The molecule has 20 heavy (non-hydrogen) atoms. The van der Waals surface area contributed by atoms with Crippen molar-refractivity contribution < 1.29 is 0 Å². The van der Waals surface area contributed by atoms with Gasteiger partial charge < -0.3 is 9.55 Å². The number of hydrogen-bond donors (Lipinski definition) is 1. The van der Waals surface area contributed by atoms with Crippen LogP contribution in [0.1, 0.15) is 4.88 Å². The molecule has 6 heteroatoms. The standard InChI is InChI=1S/C14H10N4S2/c19-14-17-12-6-16-11-4-2-1-3-10(11)13(12)18(14)7-9-5-15-8-20-9/h1-6,8H,7H2,(H,17,19). The topological polar surface area (TPSA) is 46.5 Å². The minimum Gasteiger partial charge on any atom is -0.329 e. The molecule has 1 aromatic carbocycles. The van der Waals surface area contributed by atoms with E-state index in [0.29, 0.717) is 4.77 Å². The van der Waals surface area contributed by atoms with Gasteiger partial charge in [0, 0.05) is 16.5 Å². The monoisotopic (exact) mass is 298 g/mol. The number of hydrogen-bond acceptors (Lipinski definition) is 4. The highest BCUT2D eigenvalue weighted by molar-refractivity contribution is 7.71. The normalized spacial score (nSPS) is 11.4. The Balaban J connectivity index is 2.06. The van der Waals surface area contributed by atoms with Crippen LogP contribution in [0.2, 0.25) is 0 Å². The molecule has 3 heterocycles. The zero-order chi connectivity index (χ0) is 13.5. The van der Waals surface area contributed by atoms with E-state index in [1.165, 1.54) is 4.88 Å². The van der Waals surface area contributed by atoms with Gasteiger partial charge >= 0.3 is 0 Å². The van der Waals surface area contributed by atoms with Crippen LogP contribution in [0, 0.1) is 4.77 Å². The Morgan fingerprint density at radius 1 is 1.25 bits per heavy atom. The molecule has 0 unspecified atom stereocenters. The van der Waals surface area contributed by atoms with Gasteiger partial charge in [-0.2, -0.15) is 0 Å². The molecule has 0 aliphatic rings. The summed E-state index contributed by atoms with van der Waals surface area (Å²) < 4.78 is 2.83. The van der Waals surface area contributed by atoms with E-state index in [4.69, 9.17) is 12.2 Å². The molecule has 0 radical (unpaired) electrons. The third-order valence-electron chi connectivity index (χ3n) is 3.30. The van der Waals surface area contributed by atoms with Crippen LogP contribution in [0.3, 0.4) is 0 Å². The second-order valence-electron chi connectivity index (χ2n) is 4.52. The zero-order valence-corrected chi connectivity index (χ0v) is 12.0. The van der Waals surface area contributed by atoms with Gasteiger partial charge in [0.25, 0.3) is 0 Å². The first-order chi connectivity index (χ1) is 9.83. The Bertz CT molecular complexity index is 950. The number of nitrogens with zero attached hydrogens (tertiary/aromatic N) is 3. The van der Waals surface area contributed by atoms with Gasteiger partial charge in [-0.25, -0.2) is 0 Å². The molecule has 0 saturated carbocycles. The molecule has 0 bridgehead atoms. The number of benzene rings is 1. The van der Waals surface area contributed by atoms with E-state index in [1.54, 1.807) is 11.3 Å². The number of para-hydroxylation sites is 1. The van der Waals surface area contributed by atoms with Crippen molar-refractivity contribution in [1.29, 1.82) is 0 Å². The lowest BCUT2D eigenvalue weighted by molar-refractivity contribution is 0.823. The average Bonchev–Trinajstić information content (AvgIpc) is 3.08. The first-order valence-corrected chi connectivity index (χ1v) is 7.45.